The number of rotatable bonds is 4. The maximum Gasteiger partial charge on any atom is 0.236 e. The van der Waals surface area contributed by atoms with Gasteiger partial charge in [-0.05, 0) is 26.0 Å². The van der Waals surface area contributed by atoms with Crippen molar-refractivity contribution in [3.63, 3.8) is 0 Å². The van der Waals surface area contributed by atoms with Crippen molar-refractivity contribution >= 4 is 11.6 Å². The summed E-state index contributed by atoms with van der Waals surface area (Å²) in [6.45, 7) is 11.6. The number of hydrogen-bond acceptors (Lipinski definition) is 4. The van der Waals surface area contributed by atoms with Crippen LogP contribution in [0.25, 0.3) is 0 Å². The van der Waals surface area contributed by atoms with Gasteiger partial charge in [0.15, 0.2) is 0 Å². The highest BCUT2D eigenvalue weighted by Crippen LogP contribution is 2.20. The smallest absolute Gasteiger partial charge is 0.236 e. The molecule has 0 radical (unpaired) electrons. The van der Waals surface area contributed by atoms with Crippen molar-refractivity contribution in [3.8, 4) is 0 Å². The lowest BCUT2D eigenvalue weighted by Gasteiger charge is -2.39. The summed E-state index contributed by atoms with van der Waals surface area (Å²) in [5, 5.41) is 0. The minimum Gasteiger partial charge on any atom is -0.367 e. The standard InChI is InChI=1S/C19H29FN4O/c1-16(2)22-11-13-24(14-12-22)19(25)15-21-7-9-23(10-8-21)18-6-4-3-5-17(18)20/h3-6,16H,7-15H2,1-2H3. The van der Waals surface area contributed by atoms with E-state index in [1.807, 2.05) is 17.0 Å². The van der Waals surface area contributed by atoms with Gasteiger partial charge in [-0.1, -0.05) is 12.1 Å². The van der Waals surface area contributed by atoms with E-state index < -0.39 is 0 Å². The van der Waals surface area contributed by atoms with Crippen LogP contribution in [0, 0.1) is 5.82 Å². The third kappa shape index (κ3) is 4.50. The quantitative estimate of drug-likeness (QED) is 0.825. The van der Waals surface area contributed by atoms with Gasteiger partial charge in [-0.3, -0.25) is 14.6 Å². The molecule has 2 fully saturated rings. The number of benzene rings is 1. The number of anilines is 1. The van der Waals surface area contributed by atoms with Crippen LogP contribution in [0.5, 0.6) is 0 Å². The highest BCUT2D eigenvalue weighted by atomic mass is 19.1. The molecular formula is C19H29FN4O. The van der Waals surface area contributed by atoms with E-state index in [1.54, 1.807) is 6.07 Å². The molecule has 2 heterocycles. The van der Waals surface area contributed by atoms with Crippen LogP contribution in [-0.2, 0) is 4.79 Å². The predicted molar refractivity (Wildman–Crippen MR) is 98.3 cm³/mol. The Hall–Kier alpha value is -1.66. The van der Waals surface area contributed by atoms with Gasteiger partial charge in [-0.25, -0.2) is 4.39 Å². The first-order valence-corrected chi connectivity index (χ1v) is 9.28. The maximum absolute atomic E-state index is 13.9. The minimum absolute atomic E-state index is 0.171. The third-order valence-corrected chi connectivity index (χ3v) is 5.32. The minimum atomic E-state index is -0.171. The van der Waals surface area contributed by atoms with Gasteiger partial charge in [0.25, 0.3) is 0 Å². The van der Waals surface area contributed by atoms with Gasteiger partial charge in [-0.2, -0.15) is 0 Å². The molecule has 1 amide bonds. The molecule has 25 heavy (non-hydrogen) atoms. The Morgan fingerprint density at radius 3 is 2.24 bits per heavy atom. The summed E-state index contributed by atoms with van der Waals surface area (Å²) in [7, 11) is 0. The normalized spacial score (nSPS) is 20.3. The fourth-order valence-corrected chi connectivity index (χ4v) is 3.63. The zero-order chi connectivity index (χ0) is 17.8. The molecule has 1 aromatic carbocycles. The molecule has 0 N–H and O–H groups in total. The zero-order valence-corrected chi connectivity index (χ0v) is 15.3. The van der Waals surface area contributed by atoms with Crippen LogP contribution in [0.1, 0.15) is 13.8 Å². The molecule has 1 aromatic rings. The van der Waals surface area contributed by atoms with Gasteiger partial charge >= 0.3 is 0 Å². The Morgan fingerprint density at radius 1 is 1.00 bits per heavy atom. The van der Waals surface area contributed by atoms with E-state index in [2.05, 4.69) is 28.5 Å². The third-order valence-electron chi connectivity index (χ3n) is 5.32. The second-order valence-electron chi connectivity index (χ2n) is 7.23. The van der Waals surface area contributed by atoms with E-state index in [9.17, 15) is 9.18 Å². The number of carbonyl (C=O) groups excluding carboxylic acids is 1. The predicted octanol–water partition coefficient (Wildman–Crippen LogP) is 1.50. The van der Waals surface area contributed by atoms with Gasteiger partial charge < -0.3 is 9.80 Å². The molecule has 0 saturated carbocycles. The van der Waals surface area contributed by atoms with Crippen LogP contribution >= 0.6 is 0 Å². The van der Waals surface area contributed by atoms with Crippen molar-refractivity contribution in [3.05, 3.63) is 30.1 Å². The number of amides is 1. The van der Waals surface area contributed by atoms with Crippen molar-refractivity contribution in [2.75, 3.05) is 63.8 Å². The van der Waals surface area contributed by atoms with Crippen molar-refractivity contribution in [2.24, 2.45) is 0 Å². The largest absolute Gasteiger partial charge is 0.367 e. The summed E-state index contributed by atoms with van der Waals surface area (Å²) in [6.07, 6.45) is 0. The average molecular weight is 348 g/mol. The lowest BCUT2D eigenvalue weighted by molar-refractivity contribution is -0.134. The van der Waals surface area contributed by atoms with E-state index in [0.29, 0.717) is 18.3 Å². The molecule has 3 rings (SSSR count). The van der Waals surface area contributed by atoms with Crippen LogP contribution in [0.4, 0.5) is 10.1 Å². The van der Waals surface area contributed by atoms with E-state index in [4.69, 9.17) is 0 Å². The average Bonchev–Trinajstić information content (AvgIpc) is 2.63. The number of piperazine rings is 2. The Labute approximate surface area is 150 Å². The molecule has 0 unspecified atom stereocenters. The van der Waals surface area contributed by atoms with Crippen LogP contribution in [0.2, 0.25) is 0 Å². The second-order valence-corrected chi connectivity index (χ2v) is 7.23. The van der Waals surface area contributed by atoms with Crippen LogP contribution in [0.15, 0.2) is 24.3 Å². The van der Waals surface area contributed by atoms with E-state index in [-0.39, 0.29) is 11.7 Å². The van der Waals surface area contributed by atoms with Crippen LogP contribution < -0.4 is 4.90 Å². The van der Waals surface area contributed by atoms with Gasteiger partial charge in [-0.15, -0.1) is 0 Å². The molecular weight excluding hydrogens is 319 g/mol. The summed E-state index contributed by atoms with van der Waals surface area (Å²) < 4.78 is 13.9. The molecule has 0 aromatic heterocycles. The van der Waals surface area contributed by atoms with Gasteiger partial charge in [0.05, 0.1) is 12.2 Å². The lowest BCUT2D eigenvalue weighted by atomic mass is 10.2. The molecule has 0 spiro atoms. The molecule has 0 bridgehead atoms. The fourth-order valence-electron chi connectivity index (χ4n) is 3.63. The molecule has 6 heteroatoms. The summed E-state index contributed by atoms with van der Waals surface area (Å²) in [5.74, 6) is 0.0535. The molecule has 138 valence electrons. The summed E-state index contributed by atoms with van der Waals surface area (Å²) in [6, 6.07) is 7.45. The summed E-state index contributed by atoms with van der Waals surface area (Å²) in [4.78, 5) is 21.2. The highest BCUT2D eigenvalue weighted by Gasteiger charge is 2.25. The summed E-state index contributed by atoms with van der Waals surface area (Å²) in [5.41, 5.74) is 0.665. The molecule has 0 aliphatic carbocycles. The van der Waals surface area contributed by atoms with Crippen molar-refractivity contribution in [2.45, 2.75) is 19.9 Å². The van der Waals surface area contributed by atoms with Gasteiger partial charge in [0, 0.05) is 58.4 Å². The van der Waals surface area contributed by atoms with Crippen molar-refractivity contribution in [1.29, 1.82) is 0 Å². The monoisotopic (exact) mass is 348 g/mol. The Kier molecular flexibility index (Phi) is 5.91. The zero-order valence-electron chi connectivity index (χ0n) is 15.3. The molecule has 2 aliphatic heterocycles. The Balaban J connectivity index is 1.45. The number of carbonyl (C=O) groups is 1. The first-order chi connectivity index (χ1) is 12.0. The van der Waals surface area contributed by atoms with E-state index >= 15 is 0 Å². The van der Waals surface area contributed by atoms with Crippen LogP contribution in [0.3, 0.4) is 0 Å². The summed E-state index contributed by atoms with van der Waals surface area (Å²) >= 11 is 0. The number of hydrogen-bond donors (Lipinski definition) is 0. The van der Waals surface area contributed by atoms with Crippen molar-refractivity contribution in [1.82, 2.24) is 14.7 Å². The van der Waals surface area contributed by atoms with Gasteiger partial charge in [0.2, 0.25) is 5.91 Å². The fraction of sp³-hybridized carbons (Fsp3) is 0.632. The molecule has 0 atom stereocenters. The molecule has 5 nitrogen and oxygen atoms in total. The maximum atomic E-state index is 13.9. The van der Waals surface area contributed by atoms with E-state index in [0.717, 1.165) is 52.4 Å². The lowest BCUT2D eigenvalue weighted by Crippen LogP contribution is -2.54. The Bertz CT molecular complexity index is 579. The first kappa shape index (κ1) is 18.1. The highest BCUT2D eigenvalue weighted by molar-refractivity contribution is 5.78. The number of halogens is 1. The van der Waals surface area contributed by atoms with Crippen LogP contribution in [-0.4, -0.2) is 85.6 Å². The first-order valence-electron chi connectivity index (χ1n) is 9.28. The topological polar surface area (TPSA) is 30.0 Å². The number of para-hydroxylation sites is 1. The van der Waals surface area contributed by atoms with Gasteiger partial charge in [0.1, 0.15) is 5.82 Å². The van der Waals surface area contributed by atoms with Crippen molar-refractivity contribution < 1.29 is 9.18 Å². The SMILES string of the molecule is CC(C)N1CCN(C(=O)CN2CCN(c3ccccc3F)CC2)CC1. The number of nitrogens with zero attached hydrogens (tertiary/aromatic N) is 4. The molecule has 2 aliphatic rings. The molecule has 2 saturated heterocycles. The Morgan fingerprint density at radius 2 is 1.64 bits per heavy atom. The van der Waals surface area contributed by atoms with E-state index in [1.165, 1.54) is 6.07 Å². The second kappa shape index (κ2) is 8.15.